The van der Waals surface area contributed by atoms with Crippen molar-refractivity contribution in [2.24, 2.45) is 0 Å². The van der Waals surface area contributed by atoms with Crippen LogP contribution in [-0.2, 0) is 13.9 Å². The molecule has 6 heteroatoms. The highest BCUT2D eigenvalue weighted by molar-refractivity contribution is 6.99. The Hall–Kier alpha value is -1.54. The van der Waals surface area contributed by atoms with Crippen LogP contribution < -0.4 is 10.4 Å². The van der Waals surface area contributed by atoms with E-state index in [1.165, 1.54) is 7.11 Å². The molecule has 2 aromatic carbocycles. The summed E-state index contributed by atoms with van der Waals surface area (Å²) in [5.74, 6) is 0. The second-order valence-electron chi connectivity index (χ2n) is 8.67. The van der Waals surface area contributed by atoms with Crippen molar-refractivity contribution in [3.63, 3.8) is 0 Å². The van der Waals surface area contributed by atoms with Gasteiger partial charge in [0.25, 0.3) is 8.32 Å². The number of rotatable bonds is 6. The van der Waals surface area contributed by atoms with Gasteiger partial charge in [-0.2, -0.15) is 0 Å². The molecule has 0 unspecified atom stereocenters. The first-order chi connectivity index (χ1) is 13.7. The third kappa shape index (κ3) is 4.06. The van der Waals surface area contributed by atoms with E-state index in [4.69, 9.17) is 13.9 Å². The smallest absolute Gasteiger partial charge is 0.261 e. The number of hydrogen-bond donors (Lipinski definition) is 2. The van der Waals surface area contributed by atoms with E-state index in [0.29, 0.717) is 0 Å². The molecule has 1 aliphatic rings. The van der Waals surface area contributed by atoms with Crippen LogP contribution in [0.25, 0.3) is 0 Å². The van der Waals surface area contributed by atoms with Crippen LogP contribution in [-0.4, -0.2) is 56.3 Å². The van der Waals surface area contributed by atoms with Crippen LogP contribution in [0.2, 0.25) is 5.04 Å². The quantitative estimate of drug-likeness (QED) is 0.706. The highest BCUT2D eigenvalue weighted by Crippen LogP contribution is 2.39. The Morgan fingerprint density at radius 2 is 1.38 bits per heavy atom. The van der Waals surface area contributed by atoms with Crippen LogP contribution in [0.5, 0.6) is 0 Å². The normalized spacial score (nSPS) is 26.4. The Bertz CT molecular complexity index is 737. The van der Waals surface area contributed by atoms with Crippen molar-refractivity contribution in [1.82, 2.24) is 0 Å². The Kier molecular flexibility index (Phi) is 6.63. The minimum atomic E-state index is -2.78. The van der Waals surface area contributed by atoms with Crippen molar-refractivity contribution in [3.8, 4) is 0 Å². The van der Waals surface area contributed by atoms with Crippen LogP contribution in [0.1, 0.15) is 27.7 Å². The van der Waals surface area contributed by atoms with E-state index in [2.05, 4.69) is 45.0 Å². The summed E-state index contributed by atoms with van der Waals surface area (Å²) in [6.07, 6.45) is -4.17. The zero-order valence-corrected chi connectivity index (χ0v) is 18.8. The number of ether oxygens (including phenoxy) is 2. The van der Waals surface area contributed by atoms with Gasteiger partial charge in [-0.3, -0.25) is 0 Å². The van der Waals surface area contributed by atoms with Gasteiger partial charge in [-0.15, -0.1) is 0 Å². The highest BCUT2D eigenvalue weighted by Gasteiger charge is 2.54. The first-order valence-electron chi connectivity index (χ1n) is 10.1. The molecule has 0 bridgehead atoms. The van der Waals surface area contributed by atoms with Gasteiger partial charge in [0, 0.05) is 7.11 Å². The Morgan fingerprint density at radius 1 is 0.897 bits per heavy atom. The average Bonchev–Trinajstić information content (AvgIpc) is 3.00. The van der Waals surface area contributed by atoms with Crippen molar-refractivity contribution < 1.29 is 24.1 Å². The maximum atomic E-state index is 10.6. The number of benzene rings is 2. The lowest BCUT2D eigenvalue weighted by Crippen LogP contribution is -2.68. The molecule has 0 radical (unpaired) electrons. The largest absolute Gasteiger partial charge is 0.402 e. The lowest BCUT2D eigenvalue weighted by atomic mass is 10.1. The summed E-state index contributed by atoms with van der Waals surface area (Å²) in [6.45, 7) is 8.50. The number of hydrogen-bond acceptors (Lipinski definition) is 5. The van der Waals surface area contributed by atoms with Gasteiger partial charge >= 0.3 is 0 Å². The molecule has 0 spiro atoms. The van der Waals surface area contributed by atoms with Gasteiger partial charge < -0.3 is 24.1 Å². The molecule has 0 saturated carbocycles. The van der Waals surface area contributed by atoms with E-state index >= 15 is 0 Å². The lowest BCUT2D eigenvalue weighted by Gasteiger charge is -2.45. The Labute approximate surface area is 174 Å². The summed E-state index contributed by atoms with van der Waals surface area (Å²) in [5, 5.41) is 22.9. The van der Waals surface area contributed by atoms with Crippen LogP contribution in [0.15, 0.2) is 60.7 Å². The fourth-order valence-electron chi connectivity index (χ4n) is 4.29. The molecule has 1 heterocycles. The number of methoxy groups -OCH3 is 1. The van der Waals surface area contributed by atoms with Crippen LogP contribution in [0, 0.1) is 0 Å². The van der Waals surface area contributed by atoms with Gasteiger partial charge in [0.1, 0.15) is 18.3 Å². The van der Waals surface area contributed by atoms with Crippen LogP contribution in [0.4, 0.5) is 0 Å². The highest BCUT2D eigenvalue weighted by atomic mass is 28.4. The van der Waals surface area contributed by atoms with Gasteiger partial charge in [0.15, 0.2) is 6.29 Å². The molecule has 5 nitrogen and oxygen atoms in total. The molecule has 5 atom stereocenters. The minimum Gasteiger partial charge on any atom is -0.402 e. The molecule has 29 heavy (non-hydrogen) atoms. The van der Waals surface area contributed by atoms with Gasteiger partial charge in [0.2, 0.25) is 0 Å². The fourth-order valence-corrected chi connectivity index (χ4v) is 9.00. The topological polar surface area (TPSA) is 68.2 Å². The SMILES string of the molecule is CO[C@@H]1O[C@H]([C@@H](C)O[Si](c2ccccc2)(c2ccccc2)C(C)(C)C)[C@@H](O)[C@H]1O. The summed E-state index contributed by atoms with van der Waals surface area (Å²) in [7, 11) is -1.32. The summed E-state index contributed by atoms with van der Waals surface area (Å²) in [5.41, 5.74) is 0. The van der Waals surface area contributed by atoms with Crippen molar-refractivity contribution in [3.05, 3.63) is 60.7 Å². The maximum absolute atomic E-state index is 10.6. The van der Waals surface area contributed by atoms with E-state index in [9.17, 15) is 10.2 Å². The van der Waals surface area contributed by atoms with Gasteiger partial charge in [0.05, 0.1) is 6.10 Å². The van der Waals surface area contributed by atoms with E-state index in [1.54, 1.807) is 0 Å². The molecule has 2 aromatic rings. The van der Waals surface area contributed by atoms with Crippen molar-refractivity contribution in [2.75, 3.05) is 7.11 Å². The third-order valence-electron chi connectivity index (χ3n) is 5.73. The summed E-state index contributed by atoms with van der Waals surface area (Å²) in [4.78, 5) is 0. The second-order valence-corrected chi connectivity index (χ2v) is 12.9. The molecule has 1 saturated heterocycles. The zero-order chi connectivity index (χ0) is 21.2. The summed E-state index contributed by atoms with van der Waals surface area (Å²) < 4.78 is 17.9. The number of aliphatic hydroxyl groups is 2. The fraction of sp³-hybridized carbons (Fsp3) is 0.478. The number of aliphatic hydroxyl groups excluding tert-OH is 2. The van der Waals surface area contributed by atoms with E-state index < -0.39 is 39.0 Å². The van der Waals surface area contributed by atoms with E-state index in [0.717, 1.165) is 10.4 Å². The Morgan fingerprint density at radius 3 is 1.76 bits per heavy atom. The standard InChI is InChI=1S/C23H32O5Si/c1-16(21-19(24)20(25)22(26-5)27-21)28-29(23(2,3)4,17-12-8-6-9-13-17)18-14-10-7-11-15-18/h6-16,19-22,24-25H,1-5H3/t16-,19+,20-,21-,22-/m1/s1. The molecule has 1 aliphatic heterocycles. The lowest BCUT2D eigenvalue weighted by molar-refractivity contribution is -0.160. The monoisotopic (exact) mass is 416 g/mol. The van der Waals surface area contributed by atoms with E-state index in [-0.39, 0.29) is 5.04 Å². The molecule has 0 aromatic heterocycles. The minimum absolute atomic E-state index is 0.188. The first kappa shape index (κ1) is 22.1. The van der Waals surface area contributed by atoms with Gasteiger partial charge in [-0.1, -0.05) is 81.4 Å². The van der Waals surface area contributed by atoms with Gasteiger partial charge in [-0.05, 0) is 22.3 Å². The molecule has 158 valence electrons. The van der Waals surface area contributed by atoms with Crippen LogP contribution >= 0.6 is 0 Å². The molecule has 0 amide bonds. The van der Waals surface area contributed by atoms with Crippen molar-refractivity contribution in [2.45, 2.75) is 63.4 Å². The first-order valence-corrected chi connectivity index (χ1v) is 12.0. The molecule has 3 rings (SSSR count). The third-order valence-corrected chi connectivity index (χ3v) is 10.9. The maximum Gasteiger partial charge on any atom is 0.261 e. The summed E-state index contributed by atoms with van der Waals surface area (Å²) >= 11 is 0. The molecular weight excluding hydrogens is 384 g/mol. The Balaban J connectivity index is 2.07. The second kappa shape index (κ2) is 8.68. The molecule has 0 aliphatic carbocycles. The molecular formula is C23H32O5Si. The predicted octanol–water partition coefficient (Wildman–Crippen LogP) is 2.04. The van der Waals surface area contributed by atoms with Crippen molar-refractivity contribution >= 4 is 18.7 Å². The molecule has 1 fully saturated rings. The van der Waals surface area contributed by atoms with Crippen LogP contribution in [0.3, 0.4) is 0 Å². The zero-order valence-electron chi connectivity index (χ0n) is 17.8. The predicted molar refractivity (Wildman–Crippen MR) is 116 cm³/mol. The van der Waals surface area contributed by atoms with Gasteiger partial charge in [-0.25, -0.2) is 0 Å². The summed E-state index contributed by atoms with van der Waals surface area (Å²) in [6, 6.07) is 20.6. The van der Waals surface area contributed by atoms with Crippen molar-refractivity contribution in [1.29, 1.82) is 0 Å². The molecule has 2 N–H and O–H groups in total. The van der Waals surface area contributed by atoms with E-state index in [1.807, 2.05) is 43.3 Å². The average molecular weight is 417 g/mol.